The quantitative estimate of drug-likeness (QED) is 0.479. The number of hydrogen-bond acceptors (Lipinski definition) is 6. The minimum atomic E-state index is -0.679. The molecule has 0 aromatic heterocycles. The molecule has 3 amide bonds. The number of urea groups is 1. The highest BCUT2D eigenvalue weighted by Crippen LogP contribution is 2.34. The number of anilines is 1. The van der Waals surface area contributed by atoms with Crippen LogP contribution in [-0.4, -0.2) is 48.7 Å². The smallest absolute Gasteiger partial charge is 0.319 e. The average molecular weight is 453 g/mol. The van der Waals surface area contributed by atoms with Gasteiger partial charge in [-0.25, -0.2) is 4.79 Å². The second-order valence-electron chi connectivity index (χ2n) is 7.88. The molecule has 0 spiro atoms. The molecule has 2 heterocycles. The first kappa shape index (κ1) is 22.6. The Bertz CT molecular complexity index is 1010. The van der Waals surface area contributed by atoms with Gasteiger partial charge in [0.25, 0.3) is 0 Å². The number of aliphatic hydroxyl groups is 1. The Morgan fingerprint density at radius 3 is 2.67 bits per heavy atom. The van der Waals surface area contributed by atoms with Crippen LogP contribution in [0, 0.1) is 0 Å². The Kier molecular flexibility index (Phi) is 7.11. The number of aliphatic hydroxyl groups excluding tert-OH is 1. The van der Waals surface area contributed by atoms with Crippen molar-refractivity contribution in [1.29, 1.82) is 0 Å². The molecule has 174 valence electrons. The number of nitrogens with one attached hydrogen (secondary N) is 3. The predicted octanol–water partition coefficient (Wildman–Crippen LogP) is 2.49. The van der Waals surface area contributed by atoms with E-state index < -0.39 is 24.3 Å². The molecule has 0 saturated carbocycles. The number of hydrogen-bond donors (Lipinski definition) is 4. The van der Waals surface area contributed by atoms with Crippen molar-refractivity contribution in [2.24, 2.45) is 0 Å². The van der Waals surface area contributed by atoms with Crippen LogP contribution in [-0.2, 0) is 9.53 Å². The van der Waals surface area contributed by atoms with E-state index in [9.17, 15) is 14.7 Å². The summed E-state index contributed by atoms with van der Waals surface area (Å²) in [5.74, 6) is 1.02. The third-order valence-electron chi connectivity index (χ3n) is 5.46. The molecule has 0 aliphatic carbocycles. The molecule has 0 saturated heterocycles. The lowest BCUT2D eigenvalue weighted by atomic mass is 10.0. The molecule has 2 aliphatic rings. The fraction of sp³-hybridized carbons (Fsp3) is 0.333. The van der Waals surface area contributed by atoms with Crippen molar-refractivity contribution in [3.05, 3.63) is 66.2 Å². The van der Waals surface area contributed by atoms with E-state index in [1.165, 1.54) is 0 Å². The molecule has 2 aliphatic heterocycles. The van der Waals surface area contributed by atoms with Gasteiger partial charge in [-0.3, -0.25) is 4.79 Å². The van der Waals surface area contributed by atoms with Crippen molar-refractivity contribution in [1.82, 2.24) is 10.6 Å². The van der Waals surface area contributed by atoms with Gasteiger partial charge in [-0.05, 0) is 24.6 Å². The highest BCUT2D eigenvalue weighted by Gasteiger charge is 2.29. The molecule has 0 bridgehead atoms. The van der Waals surface area contributed by atoms with Crippen LogP contribution >= 0.6 is 0 Å². The van der Waals surface area contributed by atoms with Gasteiger partial charge in [-0.2, -0.15) is 0 Å². The number of rotatable bonds is 7. The fourth-order valence-electron chi connectivity index (χ4n) is 3.74. The molecule has 4 atom stereocenters. The van der Waals surface area contributed by atoms with Crippen molar-refractivity contribution < 1.29 is 28.9 Å². The molecule has 9 nitrogen and oxygen atoms in total. The number of carbonyl (C=O) groups is 2. The second kappa shape index (κ2) is 10.4. The molecule has 2 aromatic rings. The zero-order valence-electron chi connectivity index (χ0n) is 18.2. The summed E-state index contributed by atoms with van der Waals surface area (Å²) in [5.41, 5.74) is 1.55. The van der Waals surface area contributed by atoms with Crippen molar-refractivity contribution >= 4 is 17.6 Å². The van der Waals surface area contributed by atoms with E-state index in [0.29, 0.717) is 17.2 Å². The lowest BCUT2D eigenvalue weighted by Crippen LogP contribution is -2.50. The monoisotopic (exact) mass is 453 g/mol. The highest BCUT2D eigenvalue weighted by atomic mass is 16.7. The van der Waals surface area contributed by atoms with Gasteiger partial charge >= 0.3 is 6.03 Å². The summed E-state index contributed by atoms with van der Waals surface area (Å²) in [6.45, 7) is 1.76. The predicted molar refractivity (Wildman–Crippen MR) is 121 cm³/mol. The second-order valence-corrected chi connectivity index (χ2v) is 7.88. The summed E-state index contributed by atoms with van der Waals surface area (Å²) in [4.78, 5) is 24.9. The number of ether oxygens (including phenoxy) is 3. The van der Waals surface area contributed by atoms with Gasteiger partial charge in [0, 0.05) is 11.8 Å². The van der Waals surface area contributed by atoms with Crippen LogP contribution in [0.3, 0.4) is 0 Å². The summed E-state index contributed by atoms with van der Waals surface area (Å²) in [5, 5.41) is 18.2. The normalized spacial score (nSPS) is 21.8. The highest BCUT2D eigenvalue weighted by molar-refractivity contribution is 5.90. The number of benzene rings is 2. The molecular weight excluding hydrogens is 426 g/mol. The van der Waals surface area contributed by atoms with E-state index in [2.05, 4.69) is 16.0 Å². The maximum absolute atomic E-state index is 12.4. The van der Waals surface area contributed by atoms with Gasteiger partial charge < -0.3 is 35.3 Å². The molecule has 0 radical (unpaired) electrons. The van der Waals surface area contributed by atoms with Crippen molar-refractivity contribution in [3.63, 3.8) is 0 Å². The van der Waals surface area contributed by atoms with Gasteiger partial charge in [0.05, 0.1) is 31.2 Å². The largest absolute Gasteiger partial charge is 0.454 e. The zero-order chi connectivity index (χ0) is 23.2. The summed E-state index contributed by atoms with van der Waals surface area (Å²) in [7, 11) is 0. The van der Waals surface area contributed by atoms with E-state index in [1.54, 1.807) is 30.4 Å². The summed E-state index contributed by atoms with van der Waals surface area (Å²) in [6.07, 6.45) is 2.40. The minimum Gasteiger partial charge on any atom is -0.454 e. The van der Waals surface area contributed by atoms with Crippen LogP contribution < -0.4 is 25.4 Å². The first-order chi connectivity index (χ1) is 16.0. The van der Waals surface area contributed by atoms with Crippen molar-refractivity contribution in [3.8, 4) is 11.5 Å². The van der Waals surface area contributed by atoms with Crippen molar-refractivity contribution in [2.75, 3.05) is 18.7 Å². The van der Waals surface area contributed by atoms with E-state index in [-0.39, 0.29) is 31.8 Å². The van der Waals surface area contributed by atoms with Crippen LogP contribution in [0.15, 0.2) is 60.7 Å². The van der Waals surface area contributed by atoms with E-state index >= 15 is 0 Å². The maximum Gasteiger partial charge on any atom is 0.319 e. The SMILES string of the molecule is C[C@@H](NC(=O)C[C@H]1C=C[C@@H](NC(=O)Nc2ccc3c(c2)OCO3)[C@H](CO)O1)c1ccccc1. The molecule has 0 fully saturated rings. The van der Waals surface area contributed by atoms with Gasteiger partial charge in [0.15, 0.2) is 11.5 Å². The van der Waals surface area contributed by atoms with Crippen LogP contribution in [0.2, 0.25) is 0 Å². The lowest BCUT2D eigenvalue weighted by molar-refractivity contribution is -0.125. The van der Waals surface area contributed by atoms with Gasteiger partial charge in [-0.1, -0.05) is 42.5 Å². The van der Waals surface area contributed by atoms with Crippen LogP contribution in [0.5, 0.6) is 11.5 Å². The molecule has 0 unspecified atom stereocenters. The van der Waals surface area contributed by atoms with E-state index in [4.69, 9.17) is 14.2 Å². The maximum atomic E-state index is 12.4. The molecule has 9 heteroatoms. The fourth-order valence-corrected chi connectivity index (χ4v) is 3.74. The van der Waals surface area contributed by atoms with Crippen LogP contribution in [0.25, 0.3) is 0 Å². The molecule has 4 N–H and O–H groups in total. The zero-order valence-corrected chi connectivity index (χ0v) is 18.2. The first-order valence-electron chi connectivity index (χ1n) is 10.8. The van der Waals surface area contributed by atoms with E-state index in [0.717, 1.165) is 5.56 Å². The Morgan fingerprint density at radius 1 is 1.09 bits per heavy atom. The summed E-state index contributed by atoms with van der Waals surface area (Å²) < 4.78 is 16.4. The minimum absolute atomic E-state index is 0.111. The Morgan fingerprint density at radius 2 is 1.88 bits per heavy atom. The molecule has 2 aromatic carbocycles. The number of amides is 3. The first-order valence-corrected chi connectivity index (χ1v) is 10.8. The topological polar surface area (TPSA) is 118 Å². The summed E-state index contributed by atoms with van der Waals surface area (Å²) >= 11 is 0. The third-order valence-corrected chi connectivity index (χ3v) is 5.46. The Hall–Kier alpha value is -3.56. The lowest BCUT2D eigenvalue weighted by Gasteiger charge is -2.31. The van der Waals surface area contributed by atoms with Gasteiger partial charge in [0.1, 0.15) is 6.10 Å². The average Bonchev–Trinajstić information content (AvgIpc) is 3.28. The number of fused-ring (bicyclic) bond motifs is 1. The standard InChI is InChI=1S/C24H27N3O6/c1-15(16-5-3-2-4-6-16)25-23(29)12-18-8-9-19(22(13-28)33-18)27-24(30)26-17-7-10-20-21(11-17)32-14-31-20/h2-11,15,18-19,22,28H,12-14H2,1H3,(H,25,29)(H2,26,27,30)/t15-,18-,19-,22+/m1/s1. The third kappa shape index (κ3) is 5.82. The molecular formula is C24H27N3O6. The Labute approximate surface area is 191 Å². The van der Waals surface area contributed by atoms with Crippen LogP contribution in [0.1, 0.15) is 24.9 Å². The molecule has 4 rings (SSSR count). The van der Waals surface area contributed by atoms with E-state index in [1.807, 2.05) is 37.3 Å². The molecule has 33 heavy (non-hydrogen) atoms. The van der Waals surface area contributed by atoms with Crippen LogP contribution in [0.4, 0.5) is 10.5 Å². The van der Waals surface area contributed by atoms with Crippen molar-refractivity contribution in [2.45, 2.75) is 37.6 Å². The van der Waals surface area contributed by atoms with Gasteiger partial charge in [-0.15, -0.1) is 0 Å². The number of carbonyl (C=O) groups excluding carboxylic acids is 2. The Balaban J connectivity index is 1.29. The summed E-state index contributed by atoms with van der Waals surface area (Å²) in [6, 6.07) is 13.6. The van der Waals surface area contributed by atoms with Gasteiger partial charge in [0.2, 0.25) is 12.7 Å².